The molecule has 6 nitrogen and oxygen atoms in total. The number of rotatable bonds is 4. The molecule has 0 heterocycles. The number of aliphatic hydroxyl groups excluding tert-OH is 1. The molecule has 1 amide bonds. The number of nitrogens with one attached hydrogen (secondary N) is 1. The maximum atomic E-state index is 10.6. The first-order valence-electron chi connectivity index (χ1n) is 2.91. The lowest BCUT2D eigenvalue weighted by Crippen LogP contribution is -2.20. The van der Waals surface area contributed by atoms with E-state index in [0.29, 0.717) is 0 Å². The molecule has 1 atom stereocenters. The lowest BCUT2D eigenvalue weighted by atomic mass is 10.5. The maximum absolute atomic E-state index is 10.6. The van der Waals surface area contributed by atoms with E-state index in [1.807, 2.05) is 0 Å². The molecule has 0 spiro atoms. The Hall–Kier alpha value is -0.420. The molecular weight excluding hydrogens is 173 g/mol. The molecule has 0 aromatic heterocycles. The largest absolute Gasteiger partial charge is 0.434 e. The molecule has 0 aromatic rings. The normalized spacial score (nSPS) is 15.5. The molecule has 66 valence electrons. The Bertz CT molecular complexity index is 181. The first-order valence-corrected chi connectivity index (χ1v) is 4.49. The number of amides is 1. The zero-order chi connectivity index (χ0) is 8.91. The fraction of sp³-hybridized carbons (Fsp3) is 0.750. The predicted molar refractivity (Wildman–Crippen MR) is 36.4 cm³/mol. The van der Waals surface area contributed by atoms with E-state index in [-0.39, 0.29) is 6.42 Å². The van der Waals surface area contributed by atoms with Crippen LogP contribution in [0.4, 0.5) is 0 Å². The van der Waals surface area contributed by atoms with Crippen LogP contribution < -0.4 is 5.09 Å². The fourth-order valence-corrected chi connectivity index (χ4v) is 1.04. The lowest BCUT2D eigenvalue weighted by molar-refractivity contribution is -0.119. The Kier molecular flexibility index (Phi) is 4.29. The third-order valence-corrected chi connectivity index (χ3v) is 1.82. The zero-order valence-corrected chi connectivity index (χ0v) is 6.88. The van der Waals surface area contributed by atoms with Gasteiger partial charge in [0.05, 0.1) is 0 Å². The molecule has 0 aliphatic rings. The first-order chi connectivity index (χ1) is 5.02. The van der Waals surface area contributed by atoms with Crippen LogP contribution in [0.25, 0.3) is 0 Å². The number of carbonyl (C=O) groups excluding carboxylic acids is 1. The fourth-order valence-electron chi connectivity index (χ4n) is 0.347. The molecule has 3 N–H and O–H groups in total. The molecule has 0 fully saturated rings. The minimum Gasteiger partial charge on any atom is -0.370 e. The summed E-state index contributed by atoms with van der Waals surface area (Å²) in [7, 11) is -4.11. The van der Waals surface area contributed by atoms with Crippen molar-refractivity contribution in [3.05, 3.63) is 0 Å². The molecule has 0 saturated carbocycles. The SMILES string of the molecule is CCC(=O)NP(=O)(O)OCO. The summed E-state index contributed by atoms with van der Waals surface area (Å²) in [6, 6.07) is 0. The van der Waals surface area contributed by atoms with E-state index in [1.54, 1.807) is 5.09 Å². The van der Waals surface area contributed by atoms with Crippen molar-refractivity contribution in [2.45, 2.75) is 13.3 Å². The molecule has 11 heavy (non-hydrogen) atoms. The van der Waals surface area contributed by atoms with Crippen molar-refractivity contribution in [2.75, 3.05) is 6.79 Å². The lowest BCUT2D eigenvalue weighted by Gasteiger charge is -2.09. The standard InChI is InChI=1S/C4H10NO5P/c1-2-4(7)5-11(8,9)10-3-6/h6H,2-3H2,1H3,(H2,5,7,8,9). The van der Waals surface area contributed by atoms with Gasteiger partial charge in [0, 0.05) is 6.42 Å². The van der Waals surface area contributed by atoms with Crippen LogP contribution in [0.2, 0.25) is 0 Å². The Balaban J connectivity index is 3.91. The van der Waals surface area contributed by atoms with E-state index in [0.717, 1.165) is 0 Å². The zero-order valence-electron chi connectivity index (χ0n) is 5.98. The van der Waals surface area contributed by atoms with Gasteiger partial charge in [0.15, 0.2) is 6.79 Å². The topological polar surface area (TPSA) is 95.9 Å². The molecule has 0 rings (SSSR count). The van der Waals surface area contributed by atoms with E-state index in [9.17, 15) is 9.36 Å². The van der Waals surface area contributed by atoms with Crippen LogP contribution in [0.1, 0.15) is 13.3 Å². The van der Waals surface area contributed by atoms with Crippen molar-refractivity contribution in [3.8, 4) is 0 Å². The molecule has 7 heteroatoms. The average molecular weight is 183 g/mol. The van der Waals surface area contributed by atoms with Crippen LogP contribution in [0, 0.1) is 0 Å². The smallest absolute Gasteiger partial charge is 0.370 e. The Labute approximate surface area is 63.8 Å². The Morgan fingerprint density at radius 1 is 1.73 bits per heavy atom. The molecule has 0 saturated heterocycles. The third kappa shape index (κ3) is 4.92. The van der Waals surface area contributed by atoms with Crippen LogP contribution in [0.3, 0.4) is 0 Å². The number of hydrogen-bond donors (Lipinski definition) is 3. The third-order valence-electron chi connectivity index (χ3n) is 0.820. The summed E-state index contributed by atoms with van der Waals surface area (Å²) >= 11 is 0. The van der Waals surface area contributed by atoms with Gasteiger partial charge in [0.25, 0.3) is 0 Å². The quantitative estimate of drug-likeness (QED) is 0.406. The molecule has 0 aliphatic carbocycles. The summed E-state index contributed by atoms with van der Waals surface area (Å²) in [5.74, 6) is -0.607. The monoisotopic (exact) mass is 183 g/mol. The van der Waals surface area contributed by atoms with Gasteiger partial charge in [-0.3, -0.25) is 14.4 Å². The number of carbonyl (C=O) groups is 1. The molecule has 0 radical (unpaired) electrons. The van der Waals surface area contributed by atoms with Crippen molar-refractivity contribution in [2.24, 2.45) is 0 Å². The molecule has 0 aliphatic heterocycles. The van der Waals surface area contributed by atoms with Gasteiger partial charge in [-0.1, -0.05) is 6.92 Å². The van der Waals surface area contributed by atoms with Crippen LogP contribution >= 0.6 is 7.75 Å². The van der Waals surface area contributed by atoms with Crippen molar-refractivity contribution < 1.29 is 23.9 Å². The van der Waals surface area contributed by atoms with Gasteiger partial charge in [-0.2, -0.15) is 0 Å². The molecule has 0 bridgehead atoms. The minimum atomic E-state index is -4.11. The molecular formula is C4H10NO5P. The highest BCUT2D eigenvalue weighted by Gasteiger charge is 2.20. The summed E-state index contributed by atoms with van der Waals surface area (Å²) in [5, 5.41) is 9.78. The highest BCUT2D eigenvalue weighted by molar-refractivity contribution is 7.51. The van der Waals surface area contributed by atoms with Crippen molar-refractivity contribution in [1.29, 1.82) is 0 Å². The van der Waals surface area contributed by atoms with Crippen LogP contribution in [0.15, 0.2) is 0 Å². The van der Waals surface area contributed by atoms with Crippen molar-refractivity contribution >= 4 is 13.7 Å². The van der Waals surface area contributed by atoms with Gasteiger partial charge >= 0.3 is 7.75 Å². The number of hydrogen-bond acceptors (Lipinski definition) is 4. The first kappa shape index (κ1) is 10.6. The average Bonchev–Trinajstić information content (AvgIpc) is 1.86. The van der Waals surface area contributed by atoms with Gasteiger partial charge in [-0.05, 0) is 0 Å². The highest BCUT2D eigenvalue weighted by Crippen LogP contribution is 2.35. The van der Waals surface area contributed by atoms with Crippen molar-refractivity contribution in [3.63, 3.8) is 0 Å². The van der Waals surface area contributed by atoms with E-state index in [1.165, 1.54) is 6.92 Å². The van der Waals surface area contributed by atoms with Gasteiger partial charge in [-0.15, -0.1) is 0 Å². The van der Waals surface area contributed by atoms with Crippen LogP contribution in [0.5, 0.6) is 0 Å². The van der Waals surface area contributed by atoms with E-state index in [4.69, 9.17) is 10.00 Å². The van der Waals surface area contributed by atoms with Crippen LogP contribution in [-0.4, -0.2) is 22.7 Å². The van der Waals surface area contributed by atoms with Gasteiger partial charge in [0.1, 0.15) is 0 Å². The van der Waals surface area contributed by atoms with Gasteiger partial charge < -0.3 is 10.00 Å². The number of aliphatic hydroxyl groups is 1. The summed E-state index contributed by atoms with van der Waals surface area (Å²) in [6.45, 7) is 0.617. The Morgan fingerprint density at radius 2 is 2.27 bits per heavy atom. The summed E-state index contributed by atoms with van der Waals surface area (Å²) in [4.78, 5) is 19.2. The Morgan fingerprint density at radius 3 is 2.64 bits per heavy atom. The van der Waals surface area contributed by atoms with E-state index >= 15 is 0 Å². The van der Waals surface area contributed by atoms with Crippen LogP contribution in [-0.2, 0) is 13.9 Å². The second-order valence-electron chi connectivity index (χ2n) is 1.67. The predicted octanol–water partition coefficient (Wildman–Crippen LogP) is -0.421. The summed E-state index contributed by atoms with van der Waals surface area (Å²) < 4.78 is 14.6. The summed E-state index contributed by atoms with van der Waals surface area (Å²) in [6.07, 6.45) is 0.0827. The summed E-state index contributed by atoms with van der Waals surface area (Å²) in [5.41, 5.74) is 0. The molecule has 1 unspecified atom stereocenters. The van der Waals surface area contributed by atoms with Gasteiger partial charge in [-0.25, -0.2) is 4.57 Å². The van der Waals surface area contributed by atoms with E-state index < -0.39 is 20.4 Å². The van der Waals surface area contributed by atoms with Gasteiger partial charge in [0.2, 0.25) is 5.91 Å². The second-order valence-corrected chi connectivity index (χ2v) is 3.19. The second kappa shape index (κ2) is 4.46. The maximum Gasteiger partial charge on any atom is 0.434 e. The van der Waals surface area contributed by atoms with E-state index in [2.05, 4.69) is 4.52 Å². The minimum absolute atomic E-state index is 0.0827. The highest BCUT2D eigenvalue weighted by atomic mass is 31.2. The molecule has 0 aromatic carbocycles. The van der Waals surface area contributed by atoms with Crippen molar-refractivity contribution in [1.82, 2.24) is 5.09 Å².